The Morgan fingerprint density at radius 1 is 1.27 bits per heavy atom. The van der Waals surface area contributed by atoms with Crippen LogP contribution in [0.3, 0.4) is 0 Å². The number of fused-ring (bicyclic) bond motifs is 3. The first-order valence-electron chi connectivity index (χ1n) is 9.12. The van der Waals surface area contributed by atoms with Gasteiger partial charge in [-0.3, -0.25) is 0 Å². The van der Waals surface area contributed by atoms with Crippen molar-refractivity contribution in [1.82, 2.24) is 5.01 Å². The minimum Gasteiger partial charge on any atom is -0.513 e. The molecule has 0 saturated carbocycles. The van der Waals surface area contributed by atoms with Gasteiger partial charge in [-0.25, -0.2) is 5.01 Å². The zero-order valence-electron chi connectivity index (χ0n) is 15.4. The van der Waals surface area contributed by atoms with Crippen molar-refractivity contribution in [2.24, 2.45) is 5.10 Å². The molecule has 0 aromatic heterocycles. The fraction of sp³-hybridized carbons (Fsp3) is 0.318. The zero-order valence-corrected chi connectivity index (χ0v) is 15.4. The number of para-hydroxylation sites is 1. The average Bonchev–Trinajstić information content (AvgIpc) is 3.08. The molecule has 2 aromatic carbocycles. The summed E-state index contributed by atoms with van der Waals surface area (Å²) in [6.07, 6.45) is 3.57. The quantitative estimate of drug-likeness (QED) is 0.797. The molecule has 134 valence electrons. The Bertz CT molecular complexity index is 881. The van der Waals surface area contributed by atoms with E-state index in [1.54, 1.807) is 13.0 Å². The molecule has 4 heteroatoms. The summed E-state index contributed by atoms with van der Waals surface area (Å²) in [7, 11) is 0. The maximum Gasteiger partial charge on any atom is 0.218 e. The van der Waals surface area contributed by atoms with Crippen molar-refractivity contribution in [1.29, 1.82) is 0 Å². The number of aliphatic hydroxyl groups excluding tert-OH is 1. The highest BCUT2D eigenvalue weighted by Crippen LogP contribution is 2.47. The topological polar surface area (TPSA) is 45.1 Å². The fourth-order valence-corrected chi connectivity index (χ4v) is 3.87. The molecule has 4 rings (SSSR count). The molecule has 2 atom stereocenters. The molecule has 0 radical (unpaired) electrons. The Labute approximate surface area is 154 Å². The monoisotopic (exact) mass is 348 g/mol. The number of rotatable bonds is 3. The molecule has 2 aliphatic rings. The summed E-state index contributed by atoms with van der Waals surface area (Å²) >= 11 is 0. The van der Waals surface area contributed by atoms with E-state index >= 15 is 0 Å². The number of aryl methyl sites for hydroxylation is 1. The van der Waals surface area contributed by atoms with Crippen LogP contribution < -0.4 is 4.74 Å². The summed E-state index contributed by atoms with van der Waals surface area (Å²) < 4.78 is 6.25. The first kappa shape index (κ1) is 16.7. The van der Waals surface area contributed by atoms with Crippen molar-refractivity contribution in [2.75, 3.05) is 0 Å². The molecule has 2 aliphatic heterocycles. The largest absolute Gasteiger partial charge is 0.513 e. The molecule has 2 heterocycles. The van der Waals surface area contributed by atoms with Crippen molar-refractivity contribution < 1.29 is 9.84 Å². The Hall–Kier alpha value is -2.75. The average molecular weight is 348 g/mol. The van der Waals surface area contributed by atoms with Gasteiger partial charge < -0.3 is 9.84 Å². The van der Waals surface area contributed by atoms with Crippen LogP contribution in [0.4, 0.5) is 0 Å². The molecule has 2 aromatic rings. The van der Waals surface area contributed by atoms with Crippen LogP contribution in [0.15, 0.2) is 65.5 Å². The van der Waals surface area contributed by atoms with Crippen LogP contribution in [0.2, 0.25) is 0 Å². The molecule has 0 bridgehead atoms. The highest BCUT2D eigenvalue weighted by molar-refractivity contribution is 6.02. The van der Waals surface area contributed by atoms with Gasteiger partial charge in [0.05, 0.1) is 17.5 Å². The van der Waals surface area contributed by atoms with Gasteiger partial charge in [0.2, 0.25) is 5.72 Å². The highest BCUT2D eigenvalue weighted by atomic mass is 16.5. The van der Waals surface area contributed by atoms with Crippen LogP contribution >= 0.6 is 0 Å². The van der Waals surface area contributed by atoms with Gasteiger partial charge in [0.1, 0.15) is 5.75 Å². The summed E-state index contributed by atoms with van der Waals surface area (Å²) in [5.41, 5.74) is 3.83. The highest BCUT2D eigenvalue weighted by Gasteiger charge is 2.46. The molecule has 0 aliphatic carbocycles. The van der Waals surface area contributed by atoms with Gasteiger partial charge in [0.15, 0.2) is 0 Å². The number of benzene rings is 2. The summed E-state index contributed by atoms with van der Waals surface area (Å²) in [6, 6.07) is 16.8. The van der Waals surface area contributed by atoms with E-state index in [1.165, 1.54) is 5.56 Å². The second-order valence-corrected chi connectivity index (χ2v) is 7.14. The molecular formula is C22H24N2O2. The van der Waals surface area contributed by atoms with Crippen LogP contribution in [-0.2, 0) is 6.42 Å². The van der Waals surface area contributed by atoms with Gasteiger partial charge in [-0.05, 0) is 30.5 Å². The van der Waals surface area contributed by atoms with Gasteiger partial charge in [-0.15, -0.1) is 0 Å². The Morgan fingerprint density at radius 3 is 2.69 bits per heavy atom. The van der Waals surface area contributed by atoms with E-state index in [4.69, 9.17) is 9.84 Å². The number of aliphatic hydroxyl groups is 1. The molecule has 4 nitrogen and oxygen atoms in total. The van der Waals surface area contributed by atoms with Crippen LogP contribution in [0.1, 0.15) is 49.9 Å². The Morgan fingerprint density at radius 2 is 2.00 bits per heavy atom. The number of nitrogens with zero attached hydrogens (tertiary/aromatic N) is 2. The minimum absolute atomic E-state index is 0.0985. The van der Waals surface area contributed by atoms with Gasteiger partial charge in [0, 0.05) is 25.0 Å². The first-order valence-corrected chi connectivity index (χ1v) is 9.12. The third-order valence-electron chi connectivity index (χ3n) is 5.13. The molecular weight excluding hydrogens is 324 g/mol. The van der Waals surface area contributed by atoms with Gasteiger partial charge in [-0.2, -0.15) is 5.10 Å². The van der Waals surface area contributed by atoms with Crippen molar-refractivity contribution in [3.8, 4) is 5.75 Å². The van der Waals surface area contributed by atoms with Crippen molar-refractivity contribution in [2.45, 2.75) is 45.4 Å². The SMILES string of the molecule is CCc1ccc(C2=NN3C(C2)c2ccccc2OC3(C)/C=C(/C)O)cc1. The number of hydrazone groups is 1. The van der Waals surface area contributed by atoms with E-state index in [0.29, 0.717) is 0 Å². The smallest absolute Gasteiger partial charge is 0.218 e. The molecule has 26 heavy (non-hydrogen) atoms. The van der Waals surface area contributed by atoms with Crippen LogP contribution in [-0.4, -0.2) is 21.6 Å². The van der Waals surface area contributed by atoms with Crippen molar-refractivity contribution in [3.63, 3.8) is 0 Å². The summed E-state index contributed by atoms with van der Waals surface area (Å²) in [5.74, 6) is 1.08. The minimum atomic E-state index is -0.817. The Balaban J connectivity index is 1.77. The second kappa shape index (κ2) is 6.20. The number of hydrogen-bond acceptors (Lipinski definition) is 4. The number of allylic oxidation sites excluding steroid dienone is 1. The van der Waals surface area contributed by atoms with Gasteiger partial charge in [-0.1, -0.05) is 49.4 Å². The van der Waals surface area contributed by atoms with Gasteiger partial charge >= 0.3 is 0 Å². The summed E-state index contributed by atoms with van der Waals surface area (Å²) in [5, 5.41) is 16.8. The van der Waals surface area contributed by atoms with E-state index in [9.17, 15) is 5.11 Å². The molecule has 1 N–H and O–H groups in total. The second-order valence-electron chi connectivity index (χ2n) is 7.14. The van der Waals surface area contributed by atoms with E-state index in [1.807, 2.05) is 30.1 Å². The lowest BCUT2D eigenvalue weighted by atomic mass is 9.94. The maximum atomic E-state index is 9.88. The van der Waals surface area contributed by atoms with Crippen molar-refractivity contribution in [3.05, 3.63) is 77.1 Å². The van der Waals surface area contributed by atoms with Crippen LogP contribution in [0, 0.1) is 0 Å². The lowest BCUT2D eigenvalue weighted by Crippen LogP contribution is -2.50. The molecule has 0 spiro atoms. The Kier molecular flexibility index (Phi) is 3.98. The molecule has 0 amide bonds. The zero-order chi connectivity index (χ0) is 18.3. The van der Waals surface area contributed by atoms with Crippen LogP contribution in [0.25, 0.3) is 0 Å². The third-order valence-corrected chi connectivity index (χ3v) is 5.13. The lowest BCUT2D eigenvalue weighted by molar-refractivity contribution is -0.0697. The third kappa shape index (κ3) is 2.75. The predicted molar refractivity (Wildman–Crippen MR) is 103 cm³/mol. The lowest BCUT2D eigenvalue weighted by Gasteiger charge is -2.44. The fourth-order valence-electron chi connectivity index (χ4n) is 3.87. The first-order chi connectivity index (χ1) is 12.5. The van der Waals surface area contributed by atoms with Crippen LogP contribution in [0.5, 0.6) is 5.75 Å². The molecule has 2 unspecified atom stereocenters. The summed E-state index contributed by atoms with van der Waals surface area (Å²) in [4.78, 5) is 0. The van der Waals surface area contributed by atoms with E-state index < -0.39 is 5.72 Å². The van der Waals surface area contributed by atoms with E-state index in [2.05, 4.69) is 37.3 Å². The van der Waals surface area contributed by atoms with Crippen molar-refractivity contribution >= 4 is 5.71 Å². The van der Waals surface area contributed by atoms with E-state index in [-0.39, 0.29) is 11.8 Å². The molecule has 0 saturated heterocycles. The van der Waals surface area contributed by atoms with Gasteiger partial charge in [0.25, 0.3) is 0 Å². The maximum absolute atomic E-state index is 9.88. The normalized spacial score (nSPS) is 24.6. The van der Waals surface area contributed by atoms with E-state index in [0.717, 1.165) is 35.4 Å². The standard InChI is InChI=1S/C22H24N2O2/c1-4-16-9-11-17(12-10-16)19-13-20-18-7-5-6-8-21(18)26-22(3,14-15(2)25)24(20)23-19/h5-12,14,20,25H,4,13H2,1-3H3/b15-14-. The number of ether oxygens (including phenoxy) is 1. The number of hydrogen-bond donors (Lipinski definition) is 1. The summed E-state index contributed by atoms with van der Waals surface area (Å²) in [6.45, 7) is 5.77. The predicted octanol–water partition coefficient (Wildman–Crippen LogP) is 4.97. The molecule has 0 fully saturated rings.